The molecule has 1 aromatic rings. The molecule has 0 aliphatic carbocycles. The molecule has 0 aliphatic heterocycles. The molecule has 0 N–H and O–H groups in total. The average molecular weight is 446 g/mol. The van der Waals surface area contributed by atoms with Crippen molar-refractivity contribution >= 4 is 33.3 Å². The van der Waals surface area contributed by atoms with Crippen molar-refractivity contribution in [2.75, 3.05) is 12.0 Å². The van der Waals surface area contributed by atoms with Gasteiger partial charge < -0.3 is 0 Å². The van der Waals surface area contributed by atoms with E-state index in [0.717, 1.165) is 7.96 Å². The number of hydrogen-bond acceptors (Lipinski definition) is 1. The molecule has 0 radical (unpaired) electrons. The molecular formula is C13H25INP4-. The van der Waals surface area contributed by atoms with Crippen molar-refractivity contribution in [2.24, 2.45) is 0 Å². The number of alkyl halides is 1. The van der Waals surface area contributed by atoms with E-state index in [1.807, 2.05) is 0 Å². The summed E-state index contributed by atoms with van der Waals surface area (Å²) in [4.78, 5) is 2.37. The topological polar surface area (TPSA) is 3.24 Å². The van der Waals surface area contributed by atoms with Crippen molar-refractivity contribution < 1.29 is 21.2 Å². The van der Waals surface area contributed by atoms with Gasteiger partial charge in [0.1, 0.15) is 0 Å². The van der Waals surface area contributed by atoms with E-state index in [0.29, 0.717) is 6.04 Å². The molecular weight excluding hydrogens is 421 g/mol. The Morgan fingerprint density at radius 3 is 2.47 bits per heavy atom. The van der Waals surface area contributed by atoms with Crippen molar-refractivity contribution in [1.82, 2.24) is 4.67 Å². The predicted molar refractivity (Wildman–Crippen MR) is 96.1 cm³/mol. The van der Waals surface area contributed by atoms with E-state index in [4.69, 9.17) is 0 Å². The Hall–Kier alpha value is 1.63. The van der Waals surface area contributed by atoms with Crippen LogP contribution in [-0.2, 0) is 6.42 Å². The zero-order valence-electron chi connectivity index (χ0n) is 12.4. The molecule has 6 heteroatoms. The Balaban J connectivity index is 2.89. The van der Waals surface area contributed by atoms with Gasteiger partial charge in [0, 0.05) is 0 Å². The number of aryl methyl sites for hydroxylation is 2. The molecule has 1 aromatic carbocycles. The molecule has 0 bridgehead atoms. The van der Waals surface area contributed by atoms with E-state index in [1.54, 1.807) is 9.13 Å². The molecule has 0 heterocycles. The van der Waals surface area contributed by atoms with Crippen LogP contribution in [0.4, 0.5) is 0 Å². The fourth-order valence-electron chi connectivity index (χ4n) is 1.93. The summed E-state index contributed by atoms with van der Waals surface area (Å²) in [7, 11) is 9.05. The monoisotopic (exact) mass is 446 g/mol. The molecule has 0 aromatic heterocycles. The maximum atomic E-state index is 3.01. The number of hydrogen-bond donors (Lipinski definition) is 0. The Kier molecular flexibility index (Phi) is 8.77. The summed E-state index contributed by atoms with van der Waals surface area (Å²) >= 11 is 0.166. The summed E-state index contributed by atoms with van der Waals surface area (Å²) in [5.74, 6) is 0. The van der Waals surface area contributed by atoms with Crippen molar-refractivity contribution in [3.8, 4) is 0 Å². The summed E-state index contributed by atoms with van der Waals surface area (Å²) < 4.78 is 4.17. The second-order valence-corrected chi connectivity index (χ2v) is 16.1. The first-order valence-electron chi connectivity index (χ1n) is 6.24. The van der Waals surface area contributed by atoms with Gasteiger partial charge in [-0.3, -0.25) is 0 Å². The number of rotatable bonds is 6. The SMILES string of the molecule is C[I-]c1cc(C)c(C)cc1C[C@@H](C)N(C)P(P)PP. The second kappa shape index (κ2) is 8.92. The number of likely N-dealkylation sites (N-methyl/N-ethyl adjacent to an activating group) is 1. The van der Waals surface area contributed by atoms with E-state index in [9.17, 15) is 0 Å². The quantitative estimate of drug-likeness (QED) is 0.365. The summed E-state index contributed by atoms with van der Waals surface area (Å²) in [6, 6.07) is 5.46. The Morgan fingerprint density at radius 2 is 1.95 bits per heavy atom. The molecule has 0 amide bonds. The van der Waals surface area contributed by atoms with Crippen LogP contribution in [0.1, 0.15) is 23.6 Å². The first kappa shape index (κ1) is 18.7. The van der Waals surface area contributed by atoms with Crippen LogP contribution in [0.3, 0.4) is 0 Å². The van der Waals surface area contributed by atoms with Crippen molar-refractivity contribution in [3.63, 3.8) is 0 Å². The summed E-state index contributed by atoms with van der Waals surface area (Å²) in [5.41, 5.74) is 4.46. The minimum atomic E-state index is -0.0532. The minimum absolute atomic E-state index is 0.0532. The summed E-state index contributed by atoms with van der Waals surface area (Å²) in [6.45, 7) is 6.82. The standard InChI is InChI=1S/C13H25INP4/c1-9-6-12(13(14-4)7-10(9)2)8-11(3)15(5)19(17)18-16/h6-7,11,18H,8,16-17H2,1-5H3/q-1/t11-,19?/m1/s1. The van der Waals surface area contributed by atoms with E-state index in [-0.39, 0.29) is 28.7 Å². The third-order valence-corrected chi connectivity index (χ3v) is 16.2. The van der Waals surface area contributed by atoms with E-state index in [1.165, 1.54) is 17.5 Å². The van der Waals surface area contributed by atoms with Gasteiger partial charge in [-0.15, -0.1) is 0 Å². The summed E-state index contributed by atoms with van der Waals surface area (Å²) in [5, 5.41) is 0. The van der Waals surface area contributed by atoms with Crippen molar-refractivity contribution in [2.45, 2.75) is 33.2 Å². The molecule has 5 atom stereocenters. The van der Waals surface area contributed by atoms with Crippen LogP contribution in [0.25, 0.3) is 0 Å². The van der Waals surface area contributed by atoms with Gasteiger partial charge in [-0.05, 0) is 0 Å². The molecule has 4 unspecified atom stereocenters. The number of nitrogens with zero attached hydrogens (tertiary/aromatic N) is 1. The van der Waals surface area contributed by atoms with E-state index in [2.05, 4.69) is 67.4 Å². The van der Waals surface area contributed by atoms with Crippen LogP contribution >= 0.6 is 33.3 Å². The average Bonchev–Trinajstić information content (AvgIpc) is 2.40. The molecule has 1 nitrogen and oxygen atoms in total. The Morgan fingerprint density at radius 1 is 1.37 bits per heavy atom. The van der Waals surface area contributed by atoms with Crippen molar-refractivity contribution in [3.05, 3.63) is 32.4 Å². The Bertz CT molecular complexity index is 427. The molecule has 0 fully saturated rings. The van der Waals surface area contributed by atoms with Crippen LogP contribution in [0.2, 0.25) is 0 Å². The van der Waals surface area contributed by atoms with Gasteiger partial charge in [-0.2, -0.15) is 0 Å². The maximum absolute atomic E-state index is 3.01. The molecule has 0 spiro atoms. The molecule has 0 aliphatic rings. The van der Waals surface area contributed by atoms with E-state index >= 15 is 0 Å². The third kappa shape index (κ3) is 5.39. The zero-order valence-corrected chi connectivity index (χ0v) is 18.7. The van der Waals surface area contributed by atoms with Gasteiger partial charge >= 0.3 is 137 Å². The molecule has 0 saturated carbocycles. The number of benzene rings is 1. The van der Waals surface area contributed by atoms with Crippen LogP contribution < -0.4 is 21.2 Å². The van der Waals surface area contributed by atoms with Gasteiger partial charge in [-0.25, -0.2) is 0 Å². The normalized spacial score (nSPS) is 15.6. The second-order valence-electron chi connectivity index (χ2n) is 4.82. The molecule has 0 saturated heterocycles. The predicted octanol–water partition coefficient (Wildman–Crippen LogP) is 1.63. The van der Waals surface area contributed by atoms with Gasteiger partial charge in [-0.1, -0.05) is 0 Å². The fourth-order valence-corrected chi connectivity index (χ4v) is 7.92. The van der Waals surface area contributed by atoms with Gasteiger partial charge in [0.2, 0.25) is 0 Å². The van der Waals surface area contributed by atoms with Gasteiger partial charge in [0.05, 0.1) is 0 Å². The van der Waals surface area contributed by atoms with Gasteiger partial charge in [0.15, 0.2) is 0 Å². The van der Waals surface area contributed by atoms with E-state index < -0.39 is 0 Å². The molecule has 19 heavy (non-hydrogen) atoms. The fraction of sp³-hybridized carbons (Fsp3) is 0.538. The first-order chi connectivity index (χ1) is 8.90. The van der Waals surface area contributed by atoms with Gasteiger partial charge in [0.25, 0.3) is 0 Å². The molecule has 110 valence electrons. The number of halogens is 1. The van der Waals surface area contributed by atoms with Crippen LogP contribution in [0.15, 0.2) is 12.1 Å². The third-order valence-electron chi connectivity index (χ3n) is 3.49. The first-order valence-corrected chi connectivity index (χ1v) is 16.0. The van der Waals surface area contributed by atoms with Crippen LogP contribution in [0, 0.1) is 17.4 Å². The van der Waals surface area contributed by atoms with Crippen LogP contribution in [0.5, 0.6) is 0 Å². The summed E-state index contributed by atoms with van der Waals surface area (Å²) in [6.07, 6.45) is 1.18. The zero-order chi connectivity index (χ0) is 14.6. The molecule has 1 rings (SSSR count). The van der Waals surface area contributed by atoms with Crippen molar-refractivity contribution in [1.29, 1.82) is 0 Å². The Labute approximate surface area is 136 Å². The van der Waals surface area contributed by atoms with Crippen LogP contribution in [-0.4, -0.2) is 22.7 Å².